The van der Waals surface area contributed by atoms with E-state index in [2.05, 4.69) is 5.16 Å². The van der Waals surface area contributed by atoms with Crippen LogP contribution in [-0.4, -0.2) is 19.4 Å². The van der Waals surface area contributed by atoms with Crippen molar-refractivity contribution in [1.82, 2.24) is 5.16 Å². The smallest absolute Gasteiger partial charge is 0.179 e. The quantitative estimate of drug-likeness (QED) is 0.881. The zero-order chi connectivity index (χ0) is 12.4. The van der Waals surface area contributed by atoms with Crippen LogP contribution >= 0.6 is 0 Å². The van der Waals surface area contributed by atoms with Crippen molar-refractivity contribution < 1.29 is 14.0 Å². The second-order valence-corrected chi connectivity index (χ2v) is 3.56. The summed E-state index contributed by atoms with van der Waals surface area (Å²) in [4.78, 5) is 0. The number of nitrogens with two attached hydrogens (primary N) is 1. The van der Waals surface area contributed by atoms with Gasteiger partial charge in [0, 0.05) is 5.56 Å². The first-order valence-electron chi connectivity index (χ1n) is 5.12. The number of benzene rings is 1. The van der Waals surface area contributed by atoms with Crippen molar-refractivity contribution in [2.24, 2.45) is 0 Å². The summed E-state index contributed by atoms with van der Waals surface area (Å²) in [5.41, 5.74) is 7.17. The van der Waals surface area contributed by atoms with Crippen LogP contribution in [0.2, 0.25) is 0 Å². The maximum absolute atomic E-state index is 5.67. The van der Waals surface area contributed by atoms with Crippen LogP contribution in [0.5, 0.6) is 11.5 Å². The van der Waals surface area contributed by atoms with Gasteiger partial charge in [0.1, 0.15) is 17.1 Å². The van der Waals surface area contributed by atoms with Gasteiger partial charge in [0.05, 0.1) is 14.2 Å². The first-order valence-corrected chi connectivity index (χ1v) is 5.12. The van der Waals surface area contributed by atoms with E-state index < -0.39 is 0 Å². The van der Waals surface area contributed by atoms with Crippen molar-refractivity contribution in [3.63, 3.8) is 0 Å². The van der Waals surface area contributed by atoms with Crippen molar-refractivity contribution in [3.05, 3.63) is 23.8 Å². The molecule has 1 aromatic carbocycles. The Labute approximate surface area is 99.1 Å². The van der Waals surface area contributed by atoms with Crippen LogP contribution in [0.15, 0.2) is 22.7 Å². The minimum atomic E-state index is 0.368. The standard InChI is InChI=1S/C12H14N2O3/c1-7-11(17-14-12(7)13)10-8(15-2)5-4-6-9(10)16-3/h4-6H,1-3H3,(H2,13,14). The molecule has 90 valence electrons. The van der Waals surface area contributed by atoms with E-state index in [1.165, 1.54) is 0 Å². The van der Waals surface area contributed by atoms with Crippen LogP contribution in [0.4, 0.5) is 5.82 Å². The number of hydrogen-bond donors (Lipinski definition) is 1. The summed E-state index contributed by atoms with van der Waals surface area (Å²) in [6.45, 7) is 1.84. The molecule has 0 unspecified atom stereocenters. The number of nitrogens with zero attached hydrogens (tertiary/aromatic N) is 1. The van der Waals surface area contributed by atoms with Gasteiger partial charge in [-0.25, -0.2) is 0 Å². The van der Waals surface area contributed by atoms with Gasteiger partial charge in [0.2, 0.25) is 0 Å². The molecule has 0 amide bonds. The summed E-state index contributed by atoms with van der Waals surface area (Å²) in [5, 5.41) is 3.74. The molecule has 17 heavy (non-hydrogen) atoms. The Bertz CT molecular complexity index is 512. The summed E-state index contributed by atoms with van der Waals surface area (Å²) < 4.78 is 15.8. The number of aromatic nitrogens is 1. The highest BCUT2D eigenvalue weighted by Gasteiger charge is 2.20. The Morgan fingerprint density at radius 1 is 1.18 bits per heavy atom. The minimum Gasteiger partial charge on any atom is -0.496 e. The zero-order valence-electron chi connectivity index (χ0n) is 9.98. The lowest BCUT2D eigenvalue weighted by molar-refractivity contribution is 0.387. The van der Waals surface area contributed by atoms with Gasteiger partial charge >= 0.3 is 0 Å². The monoisotopic (exact) mass is 234 g/mol. The van der Waals surface area contributed by atoms with Gasteiger partial charge in [-0.2, -0.15) is 0 Å². The predicted octanol–water partition coefficient (Wildman–Crippen LogP) is 2.25. The molecule has 0 aliphatic heterocycles. The van der Waals surface area contributed by atoms with E-state index in [-0.39, 0.29) is 0 Å². The molecule has 2 N–H and O–H groups in total. The third-order valence-corrected chi connectivity index (χ3v) is 2.61. The predicted molar refractivity (Wildman–Crippen MR) is 64.2 cm³/mol. The maximum Gasteiger partial charge on any atom is 0.179 e. The van der Waals surface area contributed by atoms with Crippen molar-refractivity contribution in [1.29, 1.82) is 0 Å². The highest BCUT2D eigenvalue weighted by atomic mass is 16.5. The third-order valence-electron chi connectivity index (χ3n) is 2.61. The number of rotatable bonds is 3. The summed E-state index contributed by atoms with van der Waals surface area (Å²) in [5.74, 6) is 2.25. The molecule has 0 aliphatic rings. The van der Waals surface area contributed by atoms with Crippen LogP contribution in [0.3, 0.4) is 0 Å². The molecular formula is C12H14N2O3. The van der Waals surface area contributed by atoms with Crippen LogP contribution in [-0.2, 0) is 0 Å². The van der Waals surface area contributed by atoms with Crippen LogP contribution < -0.4 is 15.2 Å². The highest BCUT2D eigenvalue weighted by Crippen LogP contribution is 2.40. The van der Waals surface area contributed by atoms with Crippen LogP contribution in [0.25, 0.3) is 11.3 Å². The first-order chi connectivity index (χ1) is 8.19. The highest BCUT2D eigenvalue weighted by molar-refractivity contribution is 5.77. The number of ether oxygens (including phenoxy) is 2. The summed E-state index contributed by atoms with van der Waals surface area (Å²) in [7, 11) is 3.18. The number of anilines is 1. The third kappa shape index (κ3) is 1.80. The number of nitrogen functional groups attached to an aromatic ring is 1. The topological polar surface area (TPSA) is 70.5 Å². The van der Waals surface area contributed by atoms with E-state index in [1.54, 1.807) is 14.2 Å². The van der Waals surface area contributed by atoms with Gasteiger partial charge in [0.25, 0.3) is 0 Å². The minimum absolute atomic E-state index is 0.368. The van der Waals surface area contributed by atoms with Crippen molar-refractivity contribution in [3.8, 4) is 22.8 Å². The summed E-state index contributed by atoms with van der Waals surface area (Å²) in [6, 6.07) is 5.50. The van der Waals surface area contributed by atoms with Gasteiger partial charge in [-0.05, 0) is 19.1 Å². The van der Waals surface area contributed by atoms with Crippen molar-refractivity contribution in [2.45, 2.75) is 6.92 Å². The first kappa shape index (κ1) is 11.3. The SMILES string of the molecule is COc1cccc(OC)c1-c1onc(N)c1C. The van der Waals surface area contributed by atoms with Gasteiger partial charge < -0.3 is 19.7 Å². The van der Waals surface area contributed by atoms with E-state index in [0.29, 0.717) is 23.1 Å². The maximum atomic E-state index is 5.67. The molecular weight excluding hydrogens is 220 g/mol. The van der Waals surface area contributed by atoms with Gasteiger partial charge in [-0.1, -0.05) is 11.2 Å². The second kappa shape index (κ2) is 4.37. The van der Waals surface area contributed by atoms with Gasteiger partial charge in [-0.3, -0.25) is 0 Å². The Hall–Kier alpha value is -2.17. The van der Waals surface area contributed by atoms with E-state index in [1.807, 2.05) is 25.1 Å². The van der Waals surface area contributed by atoms with E-state index in [9.17, 15) is 0 Å². The largest absolute Gasteiger partial charge is 0.496 e. The van der Waals surface area contributed by atoms with Gasteiger partial charge in [-0.15, -0.1) is 0 Å². The van der Waals surface area contributed by atoms with Gasteiger partial charge in [0.15, 0.2) is 11.6 Å². The van der Waals surface area contributed by atoms with Crippen LogP contribution in [0, 0.1) is 6.92 Å². The van der Waals surface area contributed by atoms with Crippen molar-refractivity contribution in [2.75, 3.05) is 20.0 Å². The average Bonchev–Trinajstić information content (AvgIpc) is 2.69. The van der Waals surface area contributed by atoms with E-state index in [0.717, 1.165) is 11.1 Å². The molecule has 5 heteroatoms. The molecule has 5 nitrogen and oxygen atoms in total. The molecule has 0 atom stereocenters. The molecule has 1 aromatic heterocycles. The molecule has 2 rings (SSSR count). The molecule has 0 bridgehead atoms. The fourth-order valence-corrected chi connectivity index (χ4v) is 1.66. The molecule has 2 aromatic rings. The number of methoxy groups -OCH3 is 2. The fraction of sp³-hybridized carbons (Fsp3) is 0.250. The van der Waals surface area contributed by atoms with E-state index >= 15 is 0 Å². The molecule has 0 aliphatic carbocycles. The molecule has 0 spiro atoms. The summed E-state index contributed by atoms with van der Waals surface area (Å²) >= 11 is 0. The van der Waals surface area contributed by atoms with Crippen molar-refractivity contribution >= 4 is 5.82 Å². The number of hydrogen-bond acceptors (Lipinski definition) is 5. The molecule has 0 radical (unpaired) electrons. The lowest BCUT2D eigenvalue weighted by Gasteiger charge is -2.10. The molecule has 0 saturated carbocycles. The molecule has 0 saturated heterocycles. The van der Waals surface area contributed by atoms with Crippen LogP contribution in [0.1, 0.15) is 5.56 Å². The normalized spacial score (nSPS) is 10.3. The Morgan fingerprint density at radius 2 is 1.76 bits per heavy atom. The van der Waals surface area contributed by atoms with E-state index in [4.69, 9.17) is 19.7 Å². The lowest BCUT2D eigenvalue weighted by Crippen LogP contribution is -1.93. The Balaban J connectivity index is 2.68. The lowest BCUT2D eigenvalue weighted by atomic mass is 10.1. The average molecular weight is 234 g/mol. The fourth-order valence-electron chi connectivity index (χ4n) is 1.66. The Kier molecular flexibility index (Phi) is 2.91. The molecule has 0 fully saturated rings. The molecule has 1 heterocycles. The summed E-state index contributed by atoms with van der Waals surface area (Å²) in [6.07, 6.45) is 0. The zero-order valence-corrected chi connectivity index (χ0v) is 9.98. The Morgan fingerprint density at radius 3 is 2.18 bits per heavy atom. The second-order valence-electron chi connectivity index (χ2n) is 3.56.